The fraction of sp³-hybridized carbons (Fsp3) is 0.333. The molecule has 3 rings (SSSR count). The van der Waals surface area contributed by atoms with Crippen molar-refractivity contribution in [3.8, 4) is 5.75 Å². The molecular formula is C21H21F3N2O3. The van der Waals surface area contributed by atoms with Crippen molar-refractivity contribution in [2.45, 2.75) is 19.3 Å². The van der Waals surface area contributed by atoms with E-state index in [1.165, 1.54) is 29.2 Å². The molecule has 1 aliphatic heterocycles. The van der Waals surface area contributed by atoms with Crippen LogP contribution in [0, 0.1) is 22.9 Å². The zero-order valence-corrected chi connectivity index (χ0v) is 15.7. The van der Waals surface area contributed by atoms with Crippen LogP contribution in [-0.4, -0.2) is 36.4 Å². The summed E-state index contributed by atoms with van der Waals surface area (Å²) in [6, 6.07) is 8.09. The van der Waals surface area contributed by atoms with E-state index in [2.05, 4.69) is 0 Å². The first-order valence-electron chi connectivity index (χ1n) is 9.18. The number of hydrogen-bond acceptors (Lipinski definition) is 3. The Hall–Kier alpha value is -3.03. The number of halogens is 3. The predicted octanol–water partition coefficient (Wildman–Crippen LogP) is 3.28. The first kappa shape index (κ1) is 20.7. The quantitative estimate of drug-likeness (QED) is 0.800. The molecule has 1 aliphatic rings. The van der Waals surface area contributed by atoms with Crippen LogP contribution in [0.3, 0.4) is 0 Å². The molecule has 2 aromatic carbocycles. The highest BCUT2D eigenvalue weighted by atomic mass is 19.1. The van der Waals surface area contributed by atoms with Crippen LogP contribution in [0.1, 0.15) is 29.6 Å². The molecule has 1 unspecified atom stereocenters. The lowest BCUT2D eigenvalue weighted by atomic mass is 9.77. The lowest BCUT2D eigenvalue weighted by Crippen LogP contribution is -2.50. The van der Waals surface area contributed by atoms with Crippen molar-refractivity contribution in [3.63, 3.8) is 0 Å². The van der Waals surface area contributed by atoms with Crippen LogP contribution in [0.25, 0.3) is 0 Å². The van der Waals surface area contributed by atoms with Gasteiger partial charge in [0.2, 0.25) is 5.91 Å². The highest BCUT2D eigenvalue weighted by molar-refractivity contribution is 5.94. The molecule has 0 spiro atoms. The van der Waals surface area contributed by atoms with E-state index >= 15 is 0 Å². The van der Waals surface area contributed by atoms with E-state index in [9.17, 15) is 22.8 Å². The minimum Gasteiger partial charge on any atom is -0.493 e. The van der Waals surface area contributed by atoms with Crippen molar-refractivity contribution < 1.29 is 27.5 Å². The van der Waals surface area contributed by atoms with Gasteiger partial charge >= 0.3 is 0 Å². The second-order valence-electron chi connectivity index (χ2n) is 7.37. The largest absolute Gasteiger partial charge is 0.493 e. The Kier molecular flexibility index (Phi) is 6.10. The number of carbonyl (C=O) groups is 2. The maximum atomic E-state index is 13.5. The summed E-state index contributed by atoms with van der Waals surface area (Å²) in [6.07, 6.45) is 1.14. The molecule has 8 heteroatoms. The summed E-state index contributed by atoms with van der Waals surface area (Å²) in [5.41, 5.74) is 4.57. The molecule has 1 saturated heterocycles. The first-order chi connectivity index (χ1) is 13.8. The molecule has 2 N–H and O–H groups in total. The number of carbonyl (C=O) groups excluding carboxylic acids is 2. The smallest absolute Gasteiger partial charge is 0.254 e. The average molecular weight is 406 g/mol. The number of amides is 2. The molecule has 1 fully saturated rings. The van der Waals surface area contributed by atoms with E-state index in [4.69, 9.17) is 10.5 Å². The second kappa shape index (κ2) is 8.55. The average Bonchev–Trinajstić information content (AvgIpc) is 2.66. The molecule has 2 aromatic rings. The van der Waals surface area contributed by atoms with Crippen molar-refractivity contribution in [1.29, 1.82) is 0 Å². The molecule has 0 aliphatic carbocycles. The highest BCUT2D eigenvalue weighted by Gasteiger charge is 2.39. The third-order valence-corrected chi connectivity index (χ3v) is 4.97. The van der Waals surface area contributed by atoms with Crippen molar-refractivity contribution >= 4 is 11.8 Å². The van der Waals surface area contributed by atoms with Gasteiger partial charge in [-0.25, -0.2) is 13.2 Å². The molecule has 5 nitrogen and oxygen atoms in total. The molecule has 0 saturated carbocycles. The summed E-state index contributed by atoms with van der Waals surface area (Å²) in [5, 5.41) is 0. The molecular weight excluding hydrogens is 385 g/mol. The van der Waals surface area contributed by atoms with Crippen LogP contribution < -0.4 is 10.5 Å². The first-order valence-corrected chi connectivity index (χ1v) is 9.18. The summed E-state index contributed by atoms with van der Waals surface area (Å²) < 4.78 is 45.8. The maximum Gasteiger partial charge on any atom is 0.254 e. The lowest BCUT2D eigenvalue weighted by Gasteiger charge is -2.42. The SMILES string of the molecule is NC(=O)CC1(COc2ccc(F)cc2)CCCN(C(=O)c2cc(F)cc(F)c2)C1. The summed E-state index contributed by atoms with van der Waals surface area (Å²) in [4.78, 5) is 25.9. The van der Waals surface area contributed by atoms with E-state index in [1.807, 2.05) is 0 Å². The summed E-state index contributed by atoms with van der Waals surface area (Å²) in [5.74, 6) is -2.73. The number of ether oxygens (including phenoxy) is 1. The van der Waals surface area contributed by atoms with E-state index in [0.29, 0.717) is 31.2 Å². The molecule has 1 atom stereocenters. The van der Waals surface area contributed by atoms with E-state index in [0.717, 1.165) is 12.1 Å². The minimum atomic E-state index is -0.839. The van der Waals surface area contributed by atoms with Crippen LogP contribution in [0.5, 0.6) is 5.75 Å². The number of likely N-dealkylation sites (tertiary alicyclic amines) is 1. The fourth-order valence-electron chi connectivity index (χ4n) is 3.69. The molecule has 1 heterocycles. The number of benzene rings is 2. The third-order valence-electron chi connectivity index (χ3n) is 4.97. The summed E-state index contributed by atoms with van der Waals surface area (Å²) in [6.45, 7) is 0.616. The number of nitrogens with two attached hydrogens (primary N) is 1. The number of piperidine rings is 1. The number of primary amides is 1. The Morgan fingerprint density at radius 3 is 2.31 bits per heavy atom. The fourth-order valence-corrected chi connectivity index (χ4v) is 3.69. The molecule has 154 valence electrons. The van der Waals surface area contributed by atoms with Gasteiger partial charge in [-0.3, -0.25) is 9.59 Å². The summed E-state index contributed by atoms with van der Waals surface area (Å²) in [7, 11) is 0. The van der Waals surface area contributed by atoms with Gasteiger partial charge in [-0.05, 0) is 49.2 Å². The second-order valence-corrected chi connectivity index (χ2v) is 7.37. The zero-order chi connectivity index (χ0) is 21.0. The summed E-state index contributed by atoms with van der Waals surface area (Å²) >= 11 is 0. The lowest BCUT2D eigenvalue weighted by molar-refractivity contribution is -0.122. The standard InChI is InChI=1S/C21H21F3N2O3/c22-15-2-4-18(5-3-15)29-13-21(11-19(25)27)6-1-7-26(12-21)20(28)14-8-16(23)10-17(24)9-14/h2-5,8-10H,1,6-7,11-13H2,(H2,25,27). The van der Waals surface area contributed by atoms with Crippen LogP contribution >= 0.6 is 0 Å². The minimum absolute atomic E-state index is 0.0184. The Morgan fingerprint density at radius 2 is 1.69 bits per heavy atom. The molecule has 0 aromatic heterocycles. The maximum absolute atomic E-state index is 13.5. The third kappa shape index (κ3) is 5.28. The van der Waals surface area contributed by atoms with Crippen LogP contribution in [0.4, 0.5) is 13.2 Å². The van der Waals surface area contributed by atoms with E-state index in [-0.39, 0.29) is 25.1 Å². The van der Waals surface area contributed by atoms with Gasteiger partial charge in [0.15, 0.2) is 0 Å². The van der Waals surface area contributed by atoms with Gasteiger partial charge in [0.05, 0.1) is 6.61 Å². The molecule has 29 heavy (non-hydrogen) atoms. The number of hydrogen-bond donors (Lipinski definition) is 1. The Labute approximate surface area is 166 Å². The monoisotopic (exact) mass is 406 g/mol. The van der Waals surface area contributed by atoms with Gasteiger partial charge in [-0.2, -0.15) is 0 Å². The van der Waals surface area contributed by atoms with Gasteiger partial charge in [0.1, 0.15) is 23.2 Å². The van der Waals surface area contributed by atoms with Crippen molar-refractivity contribution in [2.75, 3.05) is 19.7 Å². The van der Waals surface area contributed by atoms with Crippen LogP contribution in [-0.2, 0) is 4.79 Å². The Balaban J connectivity index is 1.78. The van der Waals surface area contributed by atoms with Gasteiger partial charge in [0.25, 0.3) is 5.91 Å². The van der Waals surface area contributed by atoms with Gasteiger partial charge < -0.3 is 15.4 Å². The topological polar surface area (TPSA) is 72.6 Å². The van der Waals surface area contributed by atoms with Crippen LogP contribution in [0.15, 0.2) is 42.5 Å². The molecule has 0 radical (unpaired) electrons. The Morgan fingerprint density at radius 1 is 1.03 bits per heavy atom. The normalized spacial score (nSPS) is 19.1. The van der Waals surface area contributed by atoms with Crippen molar-refractivity contribution in [1.82, 2.24) is 4.90 Å². The Bertz CT molecular complexity index is 884. The highest BCUT2D eigenvalue weighted by Crippen LogP contribution is 2.35. The van der Waals surface area contributed by atoms with Gasteiger partial charge in [0, 0.05) is 36.6 Å². The van der Waals surface area contributed by atoms with E-state index < -0.39 is 34.7 Å². The van der Waals surface area contributed by atoms with E-state index in [1.54, 1.807) is 0 Å². The molecule has 0 bridgehead atoms. The zero-order valence-electron chi connectivity index (χ0n) is 15.7. The predicted molar refractivity (Wildman–Crippen MR) is 99.6 cm³/mol. The van der Waals surface area contributed by atoms with Crippen molar-refractivity contribution in [2.24, 2.45) is 11.1 Å². The van der Waals surface area contributed by atoms with Crippen molar-refractivity contribution in [3.05, 3.63) is 65.5 Å². The van der Waals surface area contributed by atoms with Crippen LogP contribution in [0.2, 0.25) is 0 Å². The number of nitrogens with zero attached hydrogens (tertiary/aromatic N) is 1. The van der Waals surface area contributed by atoms with Gasteiger partial charge in [-0.1, -0.05) is 0 Å². The number of rotatable bonds is 6. The van der Waals surface area contributed by atoms with Gasteiger partial charge in [-0.15, -0.1) is 0 Å². The molecule has 2 amide bonds.